The molecule has 1 aliphatic rings. The topological polar surface area (TPSA) is 55.2 Å². The molecular formula is C22H21Cl2N3O2S. The Bertz CT molecular complexity index is 1150. The van der Waals surface area contributed by atoms with Gasteiger partial charge in [-0.2, -0.15) is 0 Å². The van der Waals surface area contributed by atoms with E-state index < -0.39 is 0 Å². The van der Waals surface area contributed by atoms with E-state index in [9.17, 15) is 9.59 Å². The number of fused-ring (bicyclic) bond motifs is 1. The summed E-state index contributed by atoms with van der Waals surface area (Å²) in [5.74, 6) is 0.800. The van der Waals surface area contributed by atoms with Crippen LogP contribution in [-0.2, 0) is 4.79 Å². The highest BCUT2D eigenvalue weighted by Crippen LogP contribution is 2.25. The summed E-state index contributed by atoms with van der Waals surface area (Å²) in [7, 11) is 0. The zero-order chi connectivity index (χ0) is 21.3. The molecule has 1 aliphatic heterocycles. The van der Waals surface area contributed by atoms with Crippen LogP contribution in [0.25, 0.3) is 16.6 Å². The van der Waals surface area contributed by atoms with Crippen LogP contribution in [0.15, 0.2) is 52.4 Å². The number of carbonyl (C=O) groups excluding carboxylic acids is 1. The fourth-order valence-corrected chi connectivity index (χ4v) is 4.89. The minimum absolute atomic E-state index is 0.0645. The fourth-order valence-electron chi connectivity index (χ4n) is 3.69. The third kappa shape index (κ3) is 4.51. The smallest absolute Gasteiger partial charge is 0.266 e. The summed E-state index contributed by atoms with van der Waals surface area (Å²) >= 11 is 13.4. The molecule has 2 heterocycles. The highest BCUT2D eigenvalue weighted by Gasteiger charge is 2.22. The van der Waals surface area contributed by atoms with Gasteiger partial charge in [-0.25, -0.2) is 4.98 Å². The van der Waals surface area contributed by atoms with E-state index in [0.717, 1.165) is 25.9 Å². The Balaban J connectivity index is 1.71. The van der Waals surface area contributed by atoms with Crippen LogP contribution in [0.1, 0.15) is 19.8 Å². The second-order valence-corrected chi connectivity index (χ2v) is 9.36. The van der Waals surface area contributed by atoms with Crippen LogP contribution in [-0.4, -0.2) is 39.2 Å². The van der Waals surface area contributed by atoms with Crippen LogP contribution >= 0.6 is 35.0 Å². The van der Waals surface area contributed by atoms with Crippen LogP contribution in [0.3, 0.4) is 0 Å². The molecule has 0 saturated carbocycles. The van der Waals surface area contributed by atoms with Crippen LogP contribution < -0.4 is 5.56 Å². The Hall–Kier alpha value is -2.02. The number of benzene rings is 2. The molecule has 8 heteroatoms. The molecule has 1 unspecified atom stereocenters. The summed E-state index contributed by atoms with van der Waals surface area (Å²) < 4.78 is 1.53. The zero-order valence-electron chi connectivity index (χ0n) is 16.5. The van der Waals surface area contributed by atoms with Crippen LogP contribution in [0.2, 0.25) is 10.0 Å². The summed E-state index contributed by atoms with van der Waals surface area (Å²) in [4.78, 5) is 32.6. The lowest BCUT2D eigenvalue weighted by Crippen LogP contribution is -2.40. The van der Waals surface area contributed by atoms with E-state index in [2.05, 4.69) is 11.9 Å². The minimum atomic E-state index is -0.208. The first-order valence-electron chi connectivity index (χ1n) is 9.81. The van der Waals surface area contributed by atoms with Crippen molar-refractivity contribution in [2.24, 2.45) is 5.92 Å². The predicted molar refractivity (Wildman–Crippen MR) is 123 cm³/mol. The summed E-state index contributed by atoms with van der Waals surface area (Å²) in [6.45, 7) is 3.73. The molecule has 1 saturated heterocycles. The standard InChI is InChI=1S/C22H21Cl2N3O2S/c1-14-3-2-10-26(12-14)20(28)13-30-22-25-19-11-16(24)6-9-18(19)21(29)27(22)17-7-4-15(23)5-8-17/h4-9,11,14H,2-3,10,12-13H2,1H3. The summed E-state index contributed by atoms with van der Waals surface area (Å²) in [5, 5.41) is 2.01. The number of halogens is 2. The maximum Gasteiger partial charge on any atom is 0.266 e. The van der Waals surface area contributed by atoms with Crippen molar-refractivity contribution in [3.63, 3.8) is 0 Å². The number of aromatic nitrogens is 2. The Morgan fingerprint density at radius 1 is 1.17 bits per heavy atom. The Morgan fingerprint density at radius 3 is 2.63 bits per heavy atom. The molecule has 30 heavy (non-hydrogen) atoms. The number of rotatable bonds is 4. The van der Waals surface area contributed by atoms with Gasteiger partial charge in [0, 0.05) is 23.1 Å². The number of hydrogen-bond acceptors (Lipinski definition) is 4. The molecule has 0 radical (unpaired) electrons. The second kappa shape index (κ2) is 9.00. The third-order valence-corrected chi connectivity index (χ3v) is 6.63. The van der Waals surface area contributed by atoms with Crippen molar-refractivity contribution >= 4 is 51.8 Å². The van der Waals surface area contributed by atoms with Gasteiger partial charge in [0.15, 0.2) is 5.16 Å². The van der Waals surface area contributed by atoms with Gasteiger partial charge in [0.05, 0.1) is 22.3 Å². The van der Waals surface area contributed by atoms with Gasteiger partial charge >= 0.3 is 0 Å². The Kier molecular flexibility index (Phi) is 6.37. The fraction of sp³-hybridized carbons (Fsp3) is 0.318. The van der Waals surface area contributed by atoms with E-state index in [-0.39, 0.29) is 17.2 Å². The Labute approximate surface area is 189 Å². The lowest BCUT2D eigenvalue weighted by atomic mass is 10.0. The molecule has 1 atom stereocenters. The lowest BCUT2D eigenvalue weighted by molar-refractivity contribution is -0.130. The highest BCUT2D eigenvalue weighted by atomic mass is 35.5. The highest BCUT2D eigenvalue weighted by molar-refractivity contribution is 7.99. The van der Waals surface area contributed by atoms with E-state index in [0.29, 0.717) is 37.7 Å². The minimum Gasteiger partial charge on any atom is -0.342 e. The van der Waals surface area contributed by atoms with Crippen molar-refractivity contribution < 1.29 is 4.79 Å². The van der Waals surface area contributed by atoms with Gasteiger partial charge < -0.3 is 4.90 Å². The van der Waals surface area contributed by atoms with Gasteiger partial charge in [-0.1, -0.05) is 41.9 Å². The van der Waals surface area contributed by atoms with Crippen LogP contribution in [0, 0.1) is 5.92 Å². The van der Waals surface area contributed by atoms with Gasteiger partial charge in [-0.05, 0) is 61.2 Å². The molecule has 5 nitrogen and oxygen atoms in total. The normalized spacial score (nSPS) is 16.8. The molecule has 4 rings (SSSR count). The average Bonchev–Trinajstić information content (AvgIpc) is 2.73. The van der Waals surface area contributed by atoms with Gasteiger partial charge in [0.1, 0.15) is 0 Å². The molecule has 3 aromatic rings. The number of likely N-dealkylation sites (tertiary alicyclic amines) is 1. The molecule has 2 aromatic carbocycles. The molecule has 0 bridgehead atoms. The summed E-state index contributed by atoms with van der Waals surface area (Å²) in [6.07, 6.45) is 2.18. The van der Waals surface area contributed by atoms with Crippen molar-refractivity contribution in [2.45, 2.75) is 24.9 Å². The van der Waals surface area contributed by atoms with Crippen molar-refractivity contribution in [1.29, 1.82) is 0 Å². The van der Waals surface area contributed by atoms with E-state index in [1.165, 1.54) is 16.3 Å². The van der Waals surface area contributed by atoms with Crippen molar-refractivity contribution in [2.75, 3.05) is 18.8 Å². The number of thioether (sulfide) groups is 1. The number of nitrogens with zero attached hydrogens (tertiary/aromatic N) is 3. The van der Waals surface area contributed by atoms with E-state index in [1.54, 1.807) is 42.5 Å². The molecule has 1 fully saturated rings. The first-order valence-corrected chi connectivity index (χ1v) is 11.6. The molecular weight excluding hydrogens is 441 g/mol. The van der Waals surface area contributed by atoms with Crippen LogP contribution in [0.4, 0.5) is 0 Å². The first kappa shape index (κ1) is 21.2. The third-order valence-electron chi connectivity index (χ3n) is 5.22. The van der Waals surface area contributed by atoms with Crippen molar-refractivity contribution in [3.8, 4) is 5.69 Å². The number of piperidine rings is 1. The van der Waals surface area contributed by atoms with Crippen LogP contribution in [0.5, 0.6) is 0 Å². The maximum absolute atomic E-state index is 13.3. The monoisotopic (exact) mass is 461 g/mol. The first-order chi connectivity index (χ1) is 14.4. The number of amides is 1. The summed E-state index contributed by atoms with van der Waals surface area (Å²) in [6, 6.07) is 12.0. The molecule has 1 amide bonds. The van der Waals surface area contributed by atoms with Gasteiger partial charge in [0.25, 0.3) is 5.56 Å². The van der Waals surface area contributed by atoms with E-state index in [1.807, 2.05) is 4.90 Å². The number of hydrogen-bond donors (Lipinski definition) is 0. The average molecular weight is 462 g/mol. The van der Waals surface area contributed by atoms with Gasteiger partial charge in [0.2, 0.25) is 5.91 Å². The van der Waals surface area contributed by atoms with Gasteiger partial charge in [-0.15, -0.1) is 0 Å². The number of carbonyl (C=O) groups is 1. The lowest BCUT2D eigenvalue weighted by Gasteiger charge is -2.30. The molecule has 0 N–H and O–H groups in total. The quantitative estimate of drug-likeness (QED) is 0.403. The molecule has 0 spiro atoms. The van der Waals surface area contributed by atoms with E-state index in [4.69, 9.17) is 23.2 Å². The maximum atomic E-state index is 13.3. The molecule has 156 valence electrons. The molecule has 0 aliphatic carbocycles. The van der Waals surface area contributed by atoms with Crippen molar-refractivity contribution in [3.05, 3.63) is 62.9 Å². The largest absolute Gasteiger partial charge is 0.342 e. The predicted octanol–water partition coefficient (Wildman–Crippen LogP) is 5.04. The van der Waals surface area contributed by atoms with Gasteiger partial charge in [-0.3, -0.25) is 14.2 Å². The Morgan fingerprint density at radius 2 is 1.90 bits per heavy atom. The zero-order valence-corrected chi connectivity index (χ0v) is 18.8. The van der Waals surface area contributed by atoms with Crippen molar-refractivity contribution in [1.82, 2.24) is 14.5 Å². The summed E-state index contributed by atoms with van der Waals surface area (Å²) in [5.41, 5.74) is 0.954. The van der Waals surface area contributed by atoms with E-state index >= 15 is 0 Å². The second-order valence-electron chi connectivity index (χ2n) is 7.55. The molecule has 1 aromatic heterocycles. The SMILES string of the molecule is CC1CCCN(C(=O)CSc2nc3cc(Cl)ccc3c(=O)n2-c2ccc(Cl)cc2)C1.